The third kappa shape index (κ3) is 9.55. The molecule has 1 aromatic heterocycles. The minimum atomic E-state index is 0. The van der Waals surface area contributed by atoms with Crippen LogP contribution in [0.15, 0.2) is 0 Å². The highest BCUT2D eigenvalue weighted by Gasteiger charge is 2.20. The number of rotatable bonds is 6. The molecule has 0 bridgehead atoms. The third-order valence-corrected chi connectivity index (χ3v) is 9.78. The summed E-state index contributed by atoms with van der Waals surface area (Å²) in [6, 6.07) is 0.406. The molecule has 3 aromatic rings. The van der Waals surface area contributed by atoms with Crippen molar-refractivity contribution in [2.24, 2.45) is 0 Å². The Bertz CT molecular complexity index is 1320. The SMILES string of the molecule is C.Cc1c(C)c(C(C)C)c(C)c(C(C)C)c1C.Cc1c(C)c(C)c(C(C)C)c(C(C)C)c1C.Cc1nnn(C(C)C)c1C(C)C. The van der Waals surface area contributed by atoms with Gasteiger partial charge >= 0.3 is 0 Å². The molecule has 0 amide bonds. The van der Waals surface area contributed by atoms with Crippen molar-refractivity contribution in [1.82, 2.24) is 15.0 Å². The summed E-state index contributed by atoms with van der Waals surface area (Å²) in [5, 5.41) is 8.18. The zero-order valence-corrected chi connectivity index (χ0v) is 32.8. The van der Waals surface area contributed by atoms with Crippen molar-refractivity contribution in [2.45, 2.75) is 188 Å². The van der Waals surface area contributed by atoms with Crippen LogP contribution >= 0.6 is 0 Å². The lowest BCUT2D eigenvalue weighted by molar-refractivity contribution is 0.484. The highest BCUT2D eigenvalue weighted by atomic mass is 15.4. The predicted octanol–water partition coefficient (Wildman–Crippen LogP) is 13.3. The topological polar surface area (TPSA) is 30.7 Å². The number of hydrogen-bond donors (Lipinski definition) is 0. The van der Waals surface area contributed by atoms with Gasteiger partial charge in [0.25, 0.3) is 0 Å². The lowest BCUT2D eigenvalue weighted by Gasteiger charge is -2.25. The Kier molecular flexibility index (Phi) is 16.5. The minimum absolute atomic E-state index is 0. The second-order valence-electron chi connectivity index (χ2n) is 15.0. The molecule has 0 N–H and O–H groups in total. The predicted molar refractivity (Wildman–Crippen MR) is 203 cm³/mol. The first-order valence-corrected chi connectivity index (χ1v) is 17.2. The molecule has 256 valence electrons. The normalized spacial score (nSPS) is 11.4. The van der Waals surface area contributed by atoms with Crippen molar-refractivity contribution >= 4 is 0 Å². The molecule has 0 radical (unpaired) electrons. The monoisotopic (exact) mass is 620 g/mol. The Morgan fingerprint density at radius 2 is 0.667 bits per heavy atom. The fourth-order valence-corrected chi connectivity index (χ4v) is 7.43. The molecule has 3 nitrogen and oxygen atoms in total. The zero-order valence-electron chi connectivity index (χ0n) is 32.8. The van der Waals surface area contributed by atoms with E-state index in [4.69, 9.17) is 0 Å². The molecular formula is C42H73N3. The summed E-state index contributed by atoms with van der Waals surface area (Å²) in [5.41, 5.74) is 20.5. The molecule has 0 aliphatic carbocycles. The van der Waals surface area contributed by atoms with Crippen LogP contribution in [0.1, 0.15) is 204 Å². The van der Waals surface area contributed by atoms with Gasteiger partial charge in [0, 0.05) is 6.04 Å². The maximum Gasteiger partial charge on any atom is 0.0831 e. The number of nitrogens with zero attached hydrogens (tertiary/aromatic N) is 3. The maximum absolute atomic E-state index is 4.10. The van der Waals surface area contributed by atoms with Gasteiger partial charge in [-0.15, -0.1) is 5.10 Å². The molecule has 1 heterocycles. The van der Waals surface area contributed by atoms with E-state index in [1.165, 1.54) is 50.2 Å². The standard InChI is InChI=1S/2C16H26.C9H17N3.CH4/c1-9(2)15-12(6)11(5)13(7)16(10(3)4)14(15)8;1-9(2)15-13(7)11(5)12(6)14(8)16(15)10(3)4;1-6(2)9-8(5)10-11-12(9)7(3)4;/h2*9-10H,1-8H3;6-7H,1-5H3;1H4. The van der Waals surface area contributed by atoms with E-state index in [1.807, 2.05) is 11.6 Å². The van der Waals surface area contributed by atoms with Crippen molar-refractivity contribution in [3.63, 3.8) is 0 Å². The van der Waals surface area contributed by atoms with Crippen LogP contribution in [-0.4, -0.2) is 15.0 Å². The Labute approximate surface area is 281 Å². The Balaban J connectivity index is 0.000000646. The van der Waals surface area contributed by atoms with Crippen LogP contribution in [0.3, 0.4) is 0 Å². The van der Waals surface area contributed by atoms with Gasteiger partial charge in [-0.3, -0.25) is 0 Å². The summed E-state index contributed by atoms with van der Waals surface area (Å²) in [6.45, 7) is 47.2. The number of benzene rings is 2. The molecule has 0 saturated carbocycles. The largest absolute Gasteiger partial charge is 0.246 e. The van der Waals surface area contributed by atoms with Crippen LogP contribution in [0, 0.1) is 62.3 Å². The fraction of sp³-hybridized carbons (Fsp3) is 0.667. The van der Waals surface area contributed by atoms with E-state index in [0.717, 1.165) is 5.69 Å². The van der Waals surface area contributed by atoms with E-state index < -0.39 is 0 Å². The molecule has 0 atom stereocenters. The first kappa shape index (κ1) is 42.6. The van der Waals surface area contributed by atoms with Crippen molar-refractivity contribution < 1.29 is 0 Å². The van der Waals surface area contributed by atoms with Crippen molar-refractivity contribution in [3.8, 4) is 0 Å². The maximum atomic E-state index is 4.10. The van der Waals surface area contributed by atoms with Crippen LogP contribution in [0.4, 0.5) is 0 Å². The van der Waals surface area contributed by atoms with Gasteiger partial charge in [0.15, 0.2) is 0 Å². The zero-order chi connectivity index (χ0) is 34.5. The molecule has 0 aliphatic rings. The fourth-order valence-electron chi connectivity index (χ4n) is 7.43. The van der Waals surface area contributed by atoms with E-state index >= 15 is 0 Å². The van der Waals surface area contributed by atoms with Gasteiger partial charge in [-0.25, -0.2) is 4.68 Å². The van der Waals surface area contributed by atoms with Crippen LogP contribution in [0.5, 0.6) is 0 Å². The molecule has 0 fully saturated rings. The van der Waals surface area contributed by atoms with Crippen LogP contribution < -0.4 is 0 Å². The highest BCUT2D eigenvalue weighted by molar-refractivity contribution is 5.53. The summed E-state index contributed by atoms with van der Waals surface area (Å²) in [5.74, 6) is 2.99. The van der Waals surface area contributed by atoms with Gasteiger partial charge in [0.2, 0.25) is 0 Å². The lowest BCUT2D eigenvalue weighted by Crippen LogP contribution is -2.09. The first-order valence-electron chi connectivity index (χ1n) is 17.2. The number of aryl methyl sites for hydroxylation is 1. The first-order chi connectivity index (χ1) is 20.1. The number of aromatic nitrogens is 3. The van der Waals surface area contributed by atoms with Gasteiger partial charge in [-0.1, -0.05) is 81.9 Å². The summed E-state index contributed by atoms with van der Waals surface area (Å²) < 4.78 is 2.00. The molecule has 3 rings (SSSR count). The van der Waals surface area contributed by atoms with E-state index in [9.17, 15) is 0 Å². The molecule has 2 aromatic carbocycles. The number of hydrogen-bond acceptors (Lipinski definition) is 2. The molecule has 0 unspecified atom stereocenters. The summed E-state index contributed by atoms with van der Waals surface area (Å²) >= 11 is 0. The average Bonchev–Trinajstić information content (AvgIpc) is 3.30. The van der Waals surface area contributed by atoms with Gasteiger partial charge in [-0.2, -0.15) is 0 Å². The average molecular weight is 620 g/mol. The van der Waals surface area contributed by atoms with Crippen molar-refractivity contribution in [3.05, 3.63) is 78.1 Å². The van der Waals surface area contributed by atoms with Gasteiger partial charge in [0.05, 0.1) is 11.4 Å². The molecule has 0 saturated heterocycles. The van der Waals surface area contributed by atoms with Gasteiger partial charge in [-0.05, 0) is 173 Å². The summed E-state index contributed by atoms with van der Waals surface area (Å²) in [4.78, 5) is 0. The van der Waals surface area contributed by atoms with E-state index in [-0.39, 0.29) is 7.43 Å². The Morgan fingerprint density at radius 1 is 0.378 bits per heavy atom. The summed E-state index contributed by atoms with van der Waals surface area (Å²) in [6.07, 6.45) is 0. The molecule has 0 spiro atoms. The smallest absolute Gasteiger partial charge is 0.0831 e. The van der Waals surface area contributed by atoms with Gasteiger partial charge < -0.3 is 0 Å². The lowest BCUT2D eigenvalue weighted by atomic mass is 9.80. The third-order valence-electron chi connectivity index (χ3n) is 9.78. The Morgan fingerprint density at radius 3 is 0.911 bits per heavy atom. The Hall–Kier alpha value is -2.42. The van der Waals surface area contributed by atoms with Crippen molar-refractivity contribution in [2.75, 3.05) is 0 Å². The second-order valence-corrected chi connectivity index (χ2v) is 15.0. The van der Waals surface area contributed by atoms with E-state index in [1.54, 1.807) is 22.3 Å². The molecule has 0 aliphatic heterocycles. The van der Waals surface area contributed by atoms with Gasteiger partial charge in [0.1, 0.15) is 0 Å². The quantitative estimate of drug-likeness (QED) is 0.275. The highest BCUT2D eigenvalue weighted by Crippen LogP contribution is 2.36. The van der Waals surface area contributed by atoms with Crippen LogP contribution in [-0.2, 0) is 0 Å². The molecule has 45 heavy (non-hydrogen) atoms. The molecular weight excluding hydrogens is 546 g/mol. The second kappa shape index (κ2) is 17.5. The van der Waals surface area contributed by atoms with E-state index in [0.29, 0.717) is 35.6 Å². The van der Waals surface area contributed by atoms with Crippen LogP contribution in [0.25, 0.3) is 0 Å². The minimum Gasteiger partial charge on any atom is -0.246 e. The van der Waals surface area contributed by atoms with E-state index in [2.05, 4.69) is 149 Å². The van der Waals surface area contributed by atoms with Crippen LogP contribution in [0.2, 0.25) is 0 Å². The van der Waals surface area contributed by atoms with Crippen molar-refractivity contribution in [1.29, 1.82) is 0 Å². The summed E-state index contributed by atoms with van der Waals surface area (Å²) in [7, 11) is 0. The molecule has 3 heteroatoms.